The molecule has 2 fully saturated rings. The van der Waals surface area contributed by atoms with Gasteiger partial charge in [0, 0.05) is 32.0 Å². The molecule has 8 heteroatoms. The van der Waals surface area contributed by atoms with E-state index in [0.717, 1.165) is 0 Å². The SMILES string of the molecule is CC(C)(C)OC(=O)N[C@@H]1CC(F)(F)CC12CCN(C(=O)OC(C)(C)C)CC2. The number of hydrogen-bond acceptors (Lipinski definition) is 4. The quantitative estimate of drug-likeness (QED) is 0.724. The van der Waals surface area contributed by atoms with E-state index in [1.165, 1.54) is 0 Å². The van der Waals surface area contributed by atoms with Crippen molar-refractivity contribution in [3.8, 4) is 0 Å². The molecule has 0 aromatic carbocycles. The van der Waals surface area contributed by atoms with Crippen LogP contribution in [0.2, 0.25) is 0 Å². The molecule has 0 aromatic rings. The van der Waals surface area contributed by atoms with Gasteiger partial charge in [0.2, 0.25) is 0 Å². The lowest BCUT2D eigenvalue weighted by Gasteiger charge is -2.43. The topological polar surface area (TPSA) is 67.9 Å². The summed E-state index contributed by atoms with van der Waals surface area (Å²) in [6.07, 6.45) is -1.02. The summed E-state index contributed by atoms with van der Waals surface area (Å²) in [5, 5.41) is 2.66. The fraction of sp³-hybridized carbons (Fsp3) is 0.895. The first kappa shape index (κ1) is 21.7. The molecular weight excluding hydrogens is 358 g/mol. The Morgan fingerprint density at radius 1 is 1.00 bits per heavy atom. The highest BCUT2D eigenvalue weighted by atomic mass is 19.3. The van der Waals surface area contributed by atoms with Gasteiger partial charge < -0.3 is 19.7 Å². The van der Waals surface area contributed by atoms with Crippen LogP contribution in [0.5, 0.6) is 0 Å². The summed E-state index contributed by atoms with van der Waals surface area (Å²) in [5.74, 6) is -2.84. The molecule has 6 nitrogen and oxygen atoms in total. The highest BCUT2D eigenvalue weighted by Crippen LogP contribution is 2.53. The van der Waals surface area contributed by atoms with Crippen molar-refractivity contribution in [2.75, 3.05) is 13.1 Å². The Balaban J connectivity index is 2.04. The molecule has 0 radical (unpaired) electrons. The summed E-state index contributed by atoms with van der Waals surface area (Å²) in [5.41, 5.74) is -2.04. The minimum absolute atomic E-state index is 0.289. The van der Waals surface area contributed by atoms with Crippen LogP contribution in [0.1, 0.15) is 67.2 Å². The van der Waals surface area contributed by atoms with Crippen LogP contribution >= 0.6 is 0 Å². The smallest absolute Gasteiger partial charge is 0.410 e. The van der Waals surface area contributed by atoms with Crippen molar-refractivity contribution < 1.29 is 27.8 Å². The first-order valence-corrected chi connectivity index (χ1v) is 9.46. The average molecular weight is 390 g/mol. The lowest BCUT2D eigenvalue weighted by atomic mass is 9.74. The molecular formula is C19H32F2N2O4. The van der Waals surface area contributed by atoms with Gasteiger partial charge in [0.05, 0.1) is 0 Å². The molecule has 1 saturated carbocycles. The molecule has 2 rings (SSSR count). The second-order valence-electron chi connectivity index (χ2n) is 9.77. The van der Waals surface area contributed by atoms with Gasteiger partial charge in [0.1, 0.15) is 11.2 Å². The number of hydrogen-bond donors (Lipinski definition) is 1. The van der Waals surface area contributed by atoms with Gasteiger partial charge in [-0.05, 0) is 59.8 Å². The zero-order valence-electron chi connectivity index (χ0n) is 17.2. The second kappa shape index (κ2) is 7.09. The highest BCUT2D eigenvalue weighted by Gasteiger charge is 2.57. The van der Waals surface area contributed by atoms with E-state index < -0.39 is 47.2 Å². The molecule has 1 aliphatic carbocycles. The van der Waals surface area contributed by atoms with Crippen LogP contribution in [-0.2, 0) is 9.47 Å². The molecule has 1 heterocycles. The van der Waals surface area contributed by atoms with E-state index >= 15 is 0 Å². The molecule has 156 valence electrons. The number of nitrogens with zero attached hydrogens (tertiary/aromatic N) is 1. The van der Waals surface area contributed by atoms with E-state index in [-0.39, 0.29) is 6.42 Å². The van der Waals surface area contributed by atoms with Gasteiger partial charge in [-0.2, -0.15) is 0 Å². The summed E-state index contributed by atoms with van der Waals surface area (Å²) >= 11 is 0. The Hall–Kier alpha value is -1.60. The van der Waals surface area contributed by atoms with Gasteiger partial charge in [-0.25, -0.2) is 18.4 Å². The van der Waals surface area contributed by atoms with Crippen molar-refractivity contribution in [2.45, 2.75) is 90.4 Å². The lowest BCUT2D eigenvalue weighted by Crippen LogP contribution is -2.52. The van der Waals surface area contributed by atoms with Crippen LogP contribution in [0.25, 0.3) is 0 Å². The molecule has 1 spiro atoms. The van der Waals surface area contributed by atoms with Gasteiger partial charge in [0.15, 0.2) is 0 Å². The molecule has 1 saturated heterocycles. The van der Waals surface area contributed by atoms with Crippen molar-refractivity contribution in [3.63, 3.8) is 0 Å². The number of ether oxygens (including phenoxy) is 2. The minimum Gasteiger partial charge on any atom is -0.444 e. The molecule has 1 atom stereocenters. The summed E-state index contributed by atoms with van der Waals surface area (Å²) in [4.78, 5) is 25.9. The van der Waals surface area contributed by atoms with E-state index in [1.54, 1.807) is 46.4 Å². The number of carbonyl (C=O) groups excluding carboxylic acids is 2. The van der Waals surface area contributed by atoms with Crippen LogP contribution in [0.3, 0.4) is 0 Å². The lowest BCUT2D eigenvalue weighted by molar-refractivity contribution is -0.0186. The predicted octanol–water partition coefficient (Wildman–Crippen LogP) is 4.33. The predicted molar refractivity (Wildman–Crippen MR) is 96.8 cm³/mol. The van der Waals surface area contributed by atoms with Crippen molar-refractivity contribution in [2.24, 2.45) is 5.41 Å². The Bertz CT molecular complexity index is 573. The summed E-state index contributed by atoms with van der Waals surface area (Å²) < 4.78 is 39.0. The van der Waals surface area contributed by atoms with Gasteiger partial charge in [0.25, 0.3) is 5.92 Å². The third kappa shape index (κ3) is 5.94. The van der Waals surface area contributed by atoms with Crippen LogP contribution in [0, 0.1) is 5.41 Å². The minimum atomic E-state index is -2.84. The number of rotatable bonds is 1. The van der Waals surface area contributed by atoms with Gasteiger partial charge in [-0.3, -0.25) is 0 Å². The monoisotopic (exact) mass is 390 g/mol. The molecule has 2 amide bonds. The maximum Gasteiger partial charge on any atom is 0.410 e. The third-order valence-electron chi connectivity index (χ3n) is 4.95. The fourth-order valence-electron chi connectivity index (χ4n) is 3.87. The molecule has 0 bridgehead atoms. The Morgan fingerprint density at radius 2 is 1.52 bits per heavy atom. The van der Waals surface area contributed by atoms with E-state index in [9.17, 15) is 18.4 Å². The van der Waals surface area contributed by atoms with E-state index in [4.69, 9.17) is 9.47 Å². The van der Waals surface area contributed by atoms with Crippen LogP contribution in [-0.4, -0.2) is 53.3 Å². The van der Waals surface area contributed by atoms with Gasteiger partial charge in [-0.1, -0.05) is 0 Å². The maximum absolute atomic E-state index is 14.2. The zero-order valence-corrected chi connectivity index (χ0v) is 17.2. The Kier molecular flexibility index (Phi) is 5.70. The third-order valence-corrected chi connectivity index (χ3v) is 4.95. The van der Waals surface area contributed by atoms with Crippen molar-refractivity contribution in [1.29, 1.82) is 0 Å². The standard InChI is InChI=1S/C19H32F2N2O4/c1-16(2,3)26-14(24)22-13-11-19(20,21)12-18(13)7-9-23(10-8-18)15(25)27-17(4,5)6/h13H,7-12H2,1-6H3,(H,22,24)/t13-/m1/s1. The van der Waals surface area contributed by atoms with Crippen LogP contribution in [0.4, 0.5) is 18.4 Å². The van der Waals surface area contributed by atoms with E-state index in [0.29, 0.717) is 25.9 Å². The summed E-state index contributed by atoms with van der Waals surface area (Å²) in [6, 6.07) is -0.678. The zero-order chi connectivity index (χ0) is 20.7. The second-order valence-corrected chi connectivity index (χ2v) is 9.77. The number of piperidine rings is 1. The first-order chi connectivity index (χ1) is 12.1. The number of alkyl carbamates (subject to hydrolysis) is 1. The Morgan fingerprint density at radius 3 is 2.00 bits per heavy atom. The number of nitrogens with one attached hydrogen (secondary N) is 1. The van der Waals surface area contributed by atoms with Crippen molar-refractivity contribution in [3.05, 3.63) is 0 Å². The highest BCUT2D eigenvalue weighted by molar-refractivity contribution is 5.69. The van der Waals surface area contributed by atoms with E-state index in [1.807, 2.05) is 0 Å². The normalized spacial score (nSPS) is 24.6. The molecule has 1 aliphatic heterocycles. The van der Waals surface area contributed by atoms with Gasteiger partial charge in [-0.15, -0.1) is 0 Å². The molecule has 2 aliphatic rings. The molecule has 0 unspecified atom stereocenters. The average Bonchev–Trinajstić information content (AvgIpc) is 2.65. The number of carbonyl (C=O) groups is 2. The van der Waals surface area contributed by atoms with Crippen molar-refractivity contribution in [1.82, 2.24) is 10.2 Å². The largest absolute Gasteiger partial charge is 0.444 e. The first-order valence-electron chi connectivity index (χ1n) is 9.46. The summed E-state index contributed by atoms with van der Waals surface area (Å²) in [6.45, 7) is 11.2. The number of likely N-dealkylation sites (tertiary alicyclic amines) is 1. The van der Waals surface area contributed by atoms with Crippen molar-refractivity contribution >= 4 is 12.2 Å². The molecule has 1 N–H and O–H groups in total. The van der Waals surface area contributed by atoms with Gasteiger partial charge >= 0.3 is 12.2 Å². The summed E-state index contributed by atoms with van der Waals surface area (Å²) in [7, 11) is 0. The fourth-order valence-corrected chi connectivity index (χ4v) is 3.87. The maximum atomic E-state index is 14.2. The molecule has 0 aromatic heterocycles. The number of amides is 2. The number of alkyl halides is 2. The Labute approximate surface area is 159 Å². The van der Waals surface area contributed by atoms with Crippen LogP contribution < -0.4 is 5.32 Å². The molecule has 27 heavy (non-hydrogen) atoms. The number of halogens is 2. The van der Waals surface area contributed by atoms with E-state index in [2.05, 4.69) is 5.32 Å². The van der Waals surface area contributed by atoms with Crippen LogP contribution in [0.15, 0.2) is 0 Å².